The molecule has 10 nitrogen and oxygen atoms in total. The fourth-order valence-corrected chi connectivity index (χ4v) is 7.61. The summed E-state index contributed by atoms with van der Waals surface area (Å²) in [7, 11) is -0.493. The number of benzene rings is 2. The first kappa shape index (κ1) is 28.8. The Morgan fingerprint density at radius 2 is 1.88 bits per heavy atom. The average molecular weight is 574 g/mol. The van der Waals surface area contributed by atoms with Gasteiger partial charge in [0.1, 0.15) is 11.9 Å². The normalized spacial score (nSPS) is 24.8. The summed E-state index contributed by atoms with van der Waals surface area (Å²) in [5, 5.41) is 14.3. The summed E-state index contributed by atoms with van der Waals surface area (Å²) in [6, 6.07) is 14.7. The van der Waals surface area contributed by atoms with Gasteiger partial charge in [0.25, 0.3) is 0 Å². The number of hydrogen-bond acceptors (Lipinski definition) is 8. The summed E-state index contributed by atoms with van der Waals surface area (Å²) in [4.78, 5) is 15.1. The van der Waals surface area contributed by atoms with Crippen molar-refractivity contribution in [2.75, 3.05) is 40.4 Å². The number of aliphatic hydroxyl groups excluding tert-OH is 1. The van der Waals surface area contributed by atoms with Gasteiger partial charge in [-0.1, -0.05) is 30.3 Å². The van der Waals surface area contributed by atoms with Gasteiger partial charge in [0.05, 0.1) is 36.3 Å². The second-order valence-electron chi connectivity index (χ2n) is 11.1. The lowest BCUT2D eigenvalue weighted by atomic mass is 10.0. The number of fused-ring (bicyclic) bond motifs is 1. The van der Waals surface area contributed by atoms with Gasteiger partial charge >= 0.3 is 6.09 Å². The van der Waals surface area contributed by atoms with E-state index in [1.807, 2.05) is 42.3 Å². The molecule has 2 unspecified atom stereocenters. The lowest BCUT2D eigenvalue weighted by Gasteiger charge is -2.43. The fraction of sp³-hybridized carbons (Fsp3) is 0.552. The molecule has 11 heteroatoms. The molecule has 3 aliphatic rings. The van der Waals surface area contributed by atoms with E-state index in [-0.39, 0.29) is 29.7 Å². The molecule has 2 N–H and O–H groups in total. The van der Waals surface area contributed by atoms with Crippen LogP contribution >= 0.6 is 0 Å². The van der Waals surface area contributed by atoms with Gasteiger partial charge in [-0.2, -0.15) is 4.31 Å². The van der Waals surface area contributed by atoms with Crippen LogP contribution in [0.1, 0.15) is 24.8 Å². The first-order valence-corrected chi connectivity index (χ1v) is 15.3. The standard InChI is InChI=1S/C29H39N3O7S/c1-31-17-22(18-31)32(40(35,36)25-10-8-23(37-2)9-11-25)19-27(33)26(14-20-6-4-3-5-7-20)30-29(34)39-24-15-21-12-13-38-28(21)16-24/h3-11,21-22,24,26-28,33H,12-19H2,1-2H3,(H,30,34)/t21?,24?,26-,27+,28+/m0/s1. The molecule has 2 saturated heterocycles. The number of nitrogens with zero attached hydrogens (tertiary/aromatic N) is 2. The molecule has 218 valence electrons. The summed E-state index contributed by atoms with van der Waals surface area (Å²) < 4.78 is 45.5. The molecule has 2 aromatic rings. The van der Waals surface area contributed by atoms with Gasteiger partial charge < -0.3 is 29.5 Å². The molecule has 0 radical (unpaired) electrons. The second-order valence-corrected chi connectivity index (χ2v) is 13.0. The third-order valence-corrected chi connectivity index (χ3v) is 10.2. The molecule has 5 rings (SSSR count). The number of likely N-dealkylation sites (N-methyl/N-ethyl adjacent to an activating group) is 1. The zero-order chi connectivity index (χ0) is 28.3. The number of carbonyl (C=O) groups is 1. The number of likely N-dealkylation sites (tertiary alicyclic amines) is 1. The van der Waals surface area contributed by atoms with Crippen LogP contribution in [0.4, 0.5) is 4.79 Å². The molecule has 1 saturated carbocycles. The Hall–Kier alpha value is -2.70. The SMILES string of the molecule is COc1ccc(S(=O)(=O)N(C[C@@H](O)[C@H](Cc2ccccc2)NC(=O)OC2CC3CCO[C@@H]3C2)C2CN(C)C2)cc1. The quantitative estimate of drug-likeness (QED) is 0.421. The first-order valence-electron chi connectivity index (χ1n) is 13.9. The number of rotatable bonds is 11. The number of sulfonamides is 1. The average Bonchev–Trinajstić information content (AvgIpc) is 3.52. The van der Waals surface area contributed by atoms with Crippen molar-refractivity contribution in [1.29, 1.82) is 0 Å². The highest BCUT2D eigenvalue weighted by atomic mass is 32.2. The molecular formula is C29H39N3O7S. The minimum atomic E-state index is -3.93. The Morgan fingerprint density at radius 3 is 2.52 bits per heavy atom. The second kappa shape index (κ2) is 12.4. The zero-order valence-corrected chi connectivity index (χ0v) is 23.8. The summed E-state index contributed by atoms with van der Waals surface area (Å²) in [5.74, 6) is 0.970. The van der Waals surface area contributed by atoms with E-state index in [0.29, 0.717) is 37.6 Å². The third-order valence-electron chi connectivity index (χ3n) is 8.23. The number of hydrogen-bond donors (Lipinski definition) is 2. The largest absolute Gasteiger partial charge is 0.497 e. The first-order chi connectivity index (χ1) is 19.2. The predicted octanol–water partition coefficient (Wildman–Crippen LogP) is 2.27. The van der Waals surface area contributed by atoms with Gasteiger partial charge in [0.2, 0.25) is 10.0 Å². The summed E-state index contributed by atoms with van der Waals surface area (Å²) in [6.45, 7) is 1.68. The van der Waals surface area contributed by atoms with Crippen LogP contribution in [0.3, 0.4) is 0 Å². The molecule has 2 aliphatic heterocycles. The van der Waals surface area contributed by atoms with Crippen molar-refractivity contribution in [2.24, 2.45) is 5.92 Å². The van der Waals surface area contributed by atoms with Gasteiger partial charge in [-0.05, 0) is 62.1 Å². The van der Waals surface area contributed by atoms with Crippen LogP contribution < -0.4 is 10.1 Å². The molecule has 1 aliphatic carbocycles. The Morgan fingerprint density at radius 1 is 1.15 bits per heavy atom. The highest BCUT2D eigenvalue weighted by molar-refractivity contribution is 7.89. The minimum Gasteiger partial charge on any atom is -0.497 e. The van der Waals surface area contributed by atoms with Crippen molar-refractivity contribution >= 4 is 16.1 Å². The number of ether oxygens (including phenoxy) is 3. The topological polar surface area (TPSA) is 118 Å². The van der Waals surface area contributed by atoms with E-state index in [9.17, 15) is 18.3 Å². The number of alkyl carbamates (subject to hydrolysis) is 1. The van der Waals surface area contributed by atoms with E-state index in [0.717, 1.165) is 25.0 Å². The Labute approximate surface area is 236 Å². The molecule has 5 atom stereocenters. The van der Waals surface area contributed by atoms with E-state index in [4.69, 9.17) is 14.2 Å². The van der Waals surface area contributed by atoms with Crippen LogP contribution in [-0.4, -0.2) is 99.6 Å². The highest BCUT2D eigenvalue weighted by Gasteiger charge is 2.42. The molecule has 3 fully saturated rings. The van der Waals surface area contributed by atoms with Crippen molar-refractivity contribution in [2.45, 2.75) is 61.0 Å². The van der Waals surface area contributed by atoms with Gasteiger partial charge in [-0.15, -0.1) is 0 Å². The maximum atomic E-state index is 13.8. The lowest BCUT2D eigenvalue weighted by molar-refractivity contribution is 0.0424. The molecule has 2 heterocycles. The number of carbonyl (C=O) groups excluding carboxylic acids is 1. The maximum absolute atomic E-state index is 13.8. The maximum Gasteiger partial charge on any atom is 0.407 e. The Balaban J connectivity index is 1.32. The van der Waals surface area contributed by atoms with Crippen molar-refractivity contribution in [1.82, 2.24) is 14.5 Å². The van der Waals surface area contributed by atoms with Gasteiger partial charge in [-0.3, -0.25) is 0 Å². The zero-order valence-electron chi connectivity index (χ0n) is 23.0. The fourth-order valence-electron chi connectivity index (χ4n) is 5.99. The van der Waals surface area contributed by atoms with E-state index >= 15 is 0 Å². The lowest BCUT2D eigenvalue weighted by Crippen LogP contribution is -2.62. The van der Waals surface area contributed by atoms with Gasteiger partial charge in [-0.25, -0.2) is 13.2 Å². The van der Waals surface area contributed by atoms with Crippen molar-refractivity contribution in [3.8, 4) is 5.75 Å². The molecule has 40 heavy (non-hydrogen) atoms. The number of amides is 1. The number of nitrogens with one attached hydrogen (secondary N) is 1. The highest BCUT2D eigenvalue weighted by Crippen LogP contribution is 2.37. The van der Waals surface area contributed by atoms with Crippen molar-refractivity contribution in [3.63, 3.8) is 0 Å². The van der Waals surface area contributed by atoms with Crippen LogP contribution in [0.2, 0.25) is 0 Å². The van der Waals surface area contributed by atoms with Crippen LogP contribution in [0.25, 0.3) is 0 Å². The van der Waals surface area contributed by atoms with Crippen LogP contribution in [0, 0.1) is 5.92 Å². The number of aliphatic hydroxyl groups is 1. The smallest absolute Gasteiger partial charge is 0.407 e. The van der Waals surface area contributed by atoms with Crippen LogP contribution in [-0.2, 0) is 25.9 Å². The van der Waals surface area contributed by atoms with E-state index in [2.05, 4.69) is 5.32 Å². The Kier molecular flexibility index (Phi) is 8.96. The Bertz CT molecular complexity index is 1230. The predicted molar refractivity (Wildman–Crippen MR) is 149 cm³/mol. The van der Waals surface area contributed by atoms with Gasteiger partial charge in [0.15, 0.2) is 0 Å². The monoisotopic (exact) mass is 573 g/mol. The third kappa shape index (κ3) is 6.60. The molecule has 0 bridgehead atoms. The summed E-state index contributed by atoms with van der Waals surface area (Å²) >= 11 is 0. The van der Waals surface area contributed by atoms with E-state index in [1.54, 1.807) is 12.1 Å². The van der Waals surface area contributed by atoms with Crippen LogP contribution in [0.15, 0.2) is 59.5 Å². The summed E-state index contributed by atoms with van der Waals surface area (Å²) in [5.41, 5.74) is 0.906. The number of methoxy groups -OCH3 is 1. The molecule has 2 aromatic carbocycles. The van der Waals surface area contributed by atoms with Gasteiger partial charge in [0, 0.05) is 32.7 Å². The molecular weight excluding hydrogens is 534 g/mol. The molecule has 1 amide bonds. The molecule has 0 spiro atoms. The minimum absolute atomic E-state index is 0.121. The van der Waals surface area contributed by atoms with Crippen LogP contribution in [0.5, 0.6) is 5.75 Å². The summed E-state index contributed by atoms with van der Waals surface area (Å²) in [6.07, 6.45) is 0.854. The van der Waals surface area contributed by atoms with E-state index in [1.165, 1.54) is 23.5 Å². The van der Waals surface area contributed by atoms with E-state index < -0.39 is 28.3 Å². The van der Waals surface area contributed by atoms with Crippen molar-refractivity contribution in [3.05, 3.63) is 60.2 Å². The van der Waals surface area contributed by atoms with Crippen molar-refractivity contribution < 1.29 is 32.5 Å². The molecule has 0 aromatic heterocycles.